The third kappa shape index (κ3) is 4.46. The van der Waals surface area contributed by atoms with Gasteiger partial charge in [0.2, 0.25) is 5.52 Å². The van der Waals surface area contributed by atoms with Crippen molar-refractivity contribution in [2.24, 2.45) is 5.92 Å². The van der Waals surface area contributed by atoms with Crippen molar-refractivity contribution in [3.05, 3.63) is 24.2 Å². The lowest BCUT2D eigenvalue weighted by Crippen LogP contribution is -2.36. The first-order chi connectivity index (χ1) is 15.7. The molecule has 5 N–H and O–H groups in total. The summed E-state index contributed by atoms with van der Waals surface area (Å²) in [6, 6.07) is 4.40. The van der Waals surface area contributed by atoms with Crippen LogP contribution in [-0.4, -0.2) is 64.0 Å². The molecule has 0 spiro atoms. The van der Waals surface area contributed by atoms with Crippen LogP contribution in [0.15, 0.2) is 18.5 Å². The number of aryl methyl sites for hydroxylation is 1. The fraction of sp³-hybridized carbons (Fsp3) is 0.545. The van der Waals surface area contributed by atoms with Crippen LogP contribution in [0.5, 0.6) is 0 Å². The van der Waals surface area contributed by atoms with E-state index >= 15 is 0 Å². The van der Waals surface area contributed by atoms with Crippen LogP contribution in [0.1, 0.15) is 31.4 Å². The number of nitrogens with one attached hydrogen (secondary N) is 4. The fourth-order valence-corrected chi connectivity index (χ4v) is 4.49. The number of hydrogen-bond acceptors (Lipinski definition) is 8. The fourth-order valence-electron chi connectivity index (χ4n) is 4.49. The van der Waals surface area contributed by atoms with Crippen LogP contribution in [0.3, 0.4) is 0 Å². The molecule has 0 atom stereocenters. The number of aliphatic hydroxyl groups excluding tert-OH is 1. The molecule has 1 saturated heterocycles. The van der Waals surface area contributed by atoms with Crippen molar-refractivity contribution >= 4 is 34.4 Å². The van der Waals surface area contributed by atoms with Gasteiger partial charge in [0, 0.05) is 25.7 Å². The Morgan fingerprint density at radius 1 is 1.16 bits per heavy atom. The number of rotatable bonds is 6. The summed E-state index contributed by atoms with van der Waals surface area (Å²) in [7, 11) is 0. The summed E-state index contributed by atoms with van der Waals surface area (Å²) in [6.45, 7) is 5.46. The van der Waals surface area contributed by atoms with Crippen LogP contribution >= 0.6 is 0 Å². The molecule has 32 heavy (non-hydrogen) atoms. The molecule has 3 aromatic rings. The number of nitrogens with zero attached hydrogens (tertiary/aromatic N) is 4. The molecule has 3 aromatic heterocycles. The Labute approximate surface area is 186 Å². The van der Waals surface area contributed by atoms with E-state index in [0.717, 1.165) is 86.2 Å². The number of aromatic nitrogens is 5. The third-order valence-corrected chi connectivity index (χ3v) is 6.43. The highest BCUT2D eigenvalue weighted by Gasteiger charge is 2.24. The second-order valence-electron chi connectivity index (χ2n) is 8.62. The molecule has 2 fully saturated rings. The Hall–Kier alpha value is -2.98. The van der Waals surface area contributed by atoms with Crippen molar-refractivity contribution in [2.75, 3.05) is 48.4 Å². The number of aromatic amines is 2. The van der Waals surface area contributed by atoms with Gasteiger partial charge in [0.15, 0.2) is 12.1 Å². The maximum atomic E-state index is 9.40. The number of fused-ring (bicyclic) bond motifs is 1. The van der Waals surface area contributed by atoms with E-state index in [1.165, 1.54) is 0 Å². The zero-order valence-electron chi connectivity index (χ0n) is 18.4. The van der Waals surface area contributed by atoms with Gasteiger partial charge in [-0.05, 0) is 50.7 Å². The minimum Gasteiger partial charge on any atom is -0.396 e. The molecule has 1 saturated carbocycles. The molecule has 5 rings (SSSR count). The molecule has 4 heterocycles. The van der Waals surface area contributed by atoms with Crippen molar-refractivity contribution in [1.29, 1.82) is 0 Å². The van der Waals surface area contributed by atoms with E-state index in [9.17, 15) is 5.11 Å². The van der Waals surface area contributed by atoms with E-state index in [0.29, 0.717) is 17.9 Å². The highest BCUT2D eigenvalue weighted by atomic mass is 16.5. The minimum absolute atomic E-state index is 0.280. The molecule has 2 aliphatic rings. The van der Waals surface area contributed by atoms with Gasteiger partial charge in [-0.1, -0.05) is 4.98 Å². The van der Waals surface area contributed by atoms with Crippen molar-refractivity contribution in [1.82, 2.24) is 19.9 Å². The molecule has 1 aliphatic heterocycles. The lowest BCUT2D eigenvalue weighted by molar-refractivity contribution is -0.347. The summed E-state index contributed by atoms with van der Waals surface area (Å²) in [5.74, 6) is 2.68. The number of imidazole rings is 1. The molecule has 0 amide bonds. The summed E-state index contributed by atoms with van der Waals surface area (Å²) in [4.78, 5) is 22.8. The van der Waals surface area contributed by atoms with Gasteiger partial charge >= 0.3 is 11.6 Å². The first kappa shape index (κ1) is 20.9. The van der Waals surface area contributed by atoms with E-state index in [1.807, 2.05) is 19.1 Å². The van der Waals surface area contributed by atoms with Crippen molar-refractivity contribution in [3.63, 3.8) is 0 Å². The first-order valence-corrected chi connectivity index (χ1v) is 11.4. The van der Waals surface area contributed by atoms with Gasteiger partial charge in [0.1, 0.15) is 5.82 Å². The number of hydrogen-bond donors (Lipinski definition) is 4. The molecule has 0 bridgehead atoms. The molecular formula is C22H31N8O2+. The van der Waals surface area contributed by atoms with Gasteiger partial charge in [-0.2, -0.15) is 4.98 Å². The second kappa shape index (κ2) is 9.25. The van der Waals surface area contributed by atoms with Crippen LogP contribution in [-0.2, 0) is 4.74 Å². The summed E-state index contributed by atoms with van der Waals surface area (Å²) in [6.07, 6.45) is 5.88. The Morgan fingerprint density at radius 3 is 2.72 bits per heavy atom. The van der Waals surface area contributed by atoms with Crippen LogP contribution in [0, 0.1) is 12.8 Å². The first-order valence-electron chi connectivity index (χ1n) is 11.4. The minimum atomic E-state index is 0.280. The molecule has 1 aliphatic carbocycles. The second-order valence-corrected chi connectivity index (χ2v) is 8.62. The SMILES string of the molecule is Cc1nc(N2CCOCC2)ccc1Nc1nc(NC2CCC(CO)CC2)c2[nH]c[nH+]c2n1. The molecule has 10 nitrogen and oxygen atoms in total. The number of aliphatic hydroxyl groups is 1. The molecule has 0 radical (unpaired) electrons. The average molecular weight is 440 g/mol. The number of ether oxygens (including phenoxy) is 1. The summed E-state index contributed by atoms with van der Waals surface area (Å²) >= 11 is 0. The Balaban J connectivity index is 1.34. The smallest absolute Gasteiger partial charge is 0.307 e. The number of H-pyrrole nitrogens is 2. The van der Waals surface area contributed by atoms with Crippen LogP contribution in [0.25, 0.3) is 11.2 Å². The third-order valence-electron chi connectivity index (χ3n) is 6.43. The van der Waals surface area contributed by atoms with E-state index in [1.54, 1.807) is 6.33 Å². The monoisotopic (exact) mass is 439 g/mol. The zero-order chi connectivity index (χ0) is 21.9. The Kier molecular flexibility index (Phi) is 6.04. The maximum absolute atomic E-state index is 9.40. The van der Waals surface area contributed by atoms with Gasteiger partial charge in [0.25, 0.3) is 0 Å². The van der Waals surface area contributed by atoms with Gasteiger partial charge in [0.05, 0.1) is 24.6 Å². The topological polar surface area (TPSA) is 125 Å². The predicted octanol–water partition coefficient (Wildman–Crippen LogP) is 2.02. The molecule has 10 heteroatoms. The van der Waals surface area contributed by atoms with Gasteiger partial charge < -0.3 is 25.4 Å². The van der Waals surface area contributed by atoms with Crippen LogP contribution in [0.4, 0.5) is 23.3 Å². The van der Waals surface area contributed by atoms with Crippen molar-refractivity contribution in [3.8, 4) is 0 Å². The van der Waals surface area contributed by atoms with E-state index in [4.69, 9.17) is 14.7 Å². The number of anilines is 4. The molecule has 0 unspecified atom stereocenters. The number of pyridine rings is 1. The molecule has 0 aromatic carbocycles. The van der Waals surface area contributed by atoms with E-state index in [-0.39, 0.29) is 6.61 Å². The quantitative estimate of drug-likeness (QED) is 0.460. The molecule has 170 valence electrons. The Bertz CT molecular complexity index is 1060. The predicted molar refractivity (Wildman–Crippen MR) is 122 cm³/mol. The van der Waals surface area contributed by atoms with E-state index < -0.39 is 0 Å². The van der Waals surface area contributed by atoms with Crippen molar-refractivity contribution < 1.29 is 14.8 Å². The maximum Gasteiger partial charge on any atom is 0.307 e. The summed E-state index contributed by atoms with van der Waals surface area (Å²) in [5.41, 5.74) is 3.38. The zero-order valence-corrected chi connectivity index (χ0v) is 18.4. The van der Waals surface area contributed by atoms with Gasteiger partial charge in [-0.3, -0.25) is 4.98 Å². The van der Waals surface area contributed by atoms with Gasteiger partial charge in [-0.15, -0.1) is 0 Å². The largest absolute Gasteiger partial charge is 0.396 e. The normalized spacial score (nSPS) is 21.6. The lowest BCUT2D eigenvalue weighted by Gasteiger charge is -2.28. The lowest BCUT2D eigenvalue weighted by atomic mass is 9.86. The highest BCUT2D eigenvalue weighted by molar-refractivity contribution is 5.82. The molecular weight excluding hydrogens is 408 g/mol. The van der Waals surface area contributed by atoms with Gasteiger partial charge in [-0.25, -0.2) is 9.97 Å². The summed E-state index contributed by atoms with van der Waals surface area (Å²) < 4.78 is 5.44. The van der Waals surface area contributed by atoms with Crippen LogP contribution < -0.4 is 20.5 Å². The van der Waals surface area contributed by atoms with Crippen molar-refractivity contribution in [2.45, 2.75) is 38.6 Å². The van der Waals surface area contributed by atoms with E-state index in [2.05, 4.69) is 30.5 Å². The Morgan fingerprint density at radius 2 is 1.97 bits per heavy atom. The average Bonchev–Trinajstić information content (AvgIpc) is 3.30. The highest BCUT2D eigenvalue weighted by Crippen LogP contribution is 2.28. The van der Waals surface area contributed by atoms with Crippen LogP contribution in [0.2, 0.25) is 0 Å². The standard InChI is InChI=1S/C22H30N8O2/c1-14-17(6-7-18(25-14)30-8-10-32-11-9-30)27-22-28-20-19(23-13-24-20)21(29-22)26-16-4-2-15(12-31)3-5-16/h6-7,13,15-16,31H,2-5,8-12H2,1H3,(H3,23,24,26,27,28,29)/p+1. The summed E-state index contributed by atoms with van der Waals surface area (Å²) in [5, 5.41) is 16.3. The number of morpholine rings is 1.